The molecular weight excluding hydrogens is 316 g/mol. The van der Waals surface area contributed by atoms with Gasteiger partial charge in [0.1, 0.15) is 11.6 Å². The van der Waals surface area contributed by atoms with E-state index in [1.54, 1.807) is 6.26 Å². The lowest BCUT2D eigenvalue weighted by molar-refractivity contribution is 0.1000. The molecule has 122 valence electrons. The fourth-order valence-corrected chi connectivity index (χ4v) is 3.07. The van der Waals surface area contributed by atoms with Crippen LogP contribution in [0.25, 0.3) is 0 Å². The van der Waals surface area contributed by atoms with Crippen molar-refractivity contribution in [2.75, 3.05) is 25.0 Å². The first kappa shape index (κ1) is 15.8. The molecule has 6 nitrogen and oxygen atoms in total. The first-order chi connectivity index (χ1) is 11.1. The third-order valence-electron chi connectivity index (χ3n) is 4.04. The molecule has 1 atom stereocenters. The Morgan fingerprint density at radius 1 is 1.48 bits per heavy atom. The summed E-state index contributed by atoms with van der Waals surface area (Å²) in [4.78, 5) is 17.7. The van der Waals surface area contributed by atoms with Crippen LogP contribution in [0, 0.1) is 0 Å². The van der Waals surface area contributed by atoms with Crippen molar-refractivity contribution in [1.82, 2.24) is 9.88 Å². The number of hydrogen-bond donors (Lipinski definition) is 2. The molecule has 0 spiro atoms. The zero-order valence-corrected chi connectivity index (χ0v) is 13.4. The van der Waals surface area contributed by atoms with Gasteiger partial charge in [-0.25, -0.2) is 4.98 Å². The number of carbonyl (C=O) groups excluding carboxylic acids is 1. The van der Waals surface area contributed by atoms with E-state index in [0.717, 1.165) is 18.8 Å². The van der Waals surface area contributed by atoms with Crippen LogP contribution in [0.2, 0.25) is 5.02 Å². The molecule has 1 fully saturated rings. The van der Waals surface area contributed by atoms with Gasteiger partial charge in [0.25, 0.3) is 0 Å². The quantitative estimate of drug-likeness (QED) is 0.848. The number of likely N-dealkylation sites (tertiary alicyclic amines) is 1. The molecule has 23 heavy (non-hydrogen) atoms. The average molecular weight is 335 g/mol. The van der Waals surface area contributed by atoms with Crippen LogP contribution in [0.1, 0.15) is 35.0 Å². The number of nitrogens with one attached hydrogen (secondary N) is 1. The van der Waals surface area contributed by atoms with E-state index in [9.17, 15) is 4.79 Å². The molecule has 0 radical (unpaired) electrons. The standard InChI is InChI=1S/C16H19ClN4O2/c17-12-8-11(15(18)22)9-19-16(12)20-10-13(14-4-3-7-23-14)21-5-1-2-6-21/h3-4,7-9,13H,1-2,5-6,10H2,(H2,18,22)(H,19,20). The van der Waals surface area contributed by atoms with E-state index in [0.29, 0.717) is 22.9 Å². The van der Waals surface area contributed by atoms with Crippen LogP contribution in [0.4, 0.5) is 5.82 Å². The first-order valence-corrected chi connectivity index (χ1v) is 7.99. The fourth-order valence-electron chi connectivity index (χ4n) is 2.84. The molecule has 0 saturated carbocycles. The lowest BCUT2D eigenvalue weighted by atomic mass is 10.2. The van der Waals surface area contributed by atoms with E-state index in [2.05, 4.69) is 15.2 Å². The van der Waals surface area contributed by atoms with Gasteiger partial charge in [-0.2, -0.15) is 0 Å². The number of nitrogens with two attached hydrogens (primary N) is 1. The van der Waals surface area contributed by atoms with Crippen molar-refractivity contribution in [3.05, 3.63) is 47.0 Å². The number of nitrogens with zero attached hydrogens (tertiary/aromatic N) is 2. The number of anilines is 1. The Bertz CT molecular complexity index is 669. The maximum absolute atomic E-state index is 11.1. The number of furan rings is 1. The third-order valence-corrected chi connectivity index (χ3v) is 4.33. The van der Waals surface area contributed by atoms with Crippen LogP contribution in [-0.2, 0) is 0 Å². The van der Waals surface area contributed by atoms with Gasteiger partial charge < -0.3 is 15.5 Å². The second kappa shape index (κ2) is 7.02. The van der Waals surface area contributed by atoms with Crippen molar-refractivity contribution in [2.45, 2.75) is 18.9 Å². The van der Waals surface area contributed by atoms with Crippen molar-refractivity contribution < 1.29 is 9.21 Å². The predicted molar refractivity (Wildman–Crippen MR) is 88.5 cm³/mol. The van der Waals surface area contributed by atoms with Gasteiger partial charge in [-0.1, -0.05) is 11.6 Å². The largest absolute Gasteiger partial charge is 0.468 e. The summed E-state index contributed by atoms with van der Waals surface area (Å²) >= 11 is 6.17. The molecule has 7 heteroatoms. The molecule has 1 aliphatic rings. The van der Waals surface area contributed by atoms with Crippen LogP contribution in [-0.4, -0.2) is 35.4 Å². The zero-order chi connectivity index (χ0) is 16.2. The number of halogens is 1. The Morgan fingerprint density at radius 3 is 2.87 bits per heavy atom. The SMILES string of the molecule is NC(=O)c1cnc(NCC(c2ccco2)N2CCCC2)c(Cl)c1. The van der Waals surface area contributed by atoms with Gasteiger partial charge in [0.2, 0.25) is 5.91 Å². The van der Waals surface area contributed by atoms with Crippen molar-refractivity contribution in [2.24, 2.45) is 5.73 Å². The second-order valence-corrected chi connectivity index (χ2v) is 5.98. The first-order valence-electron chi connectivity index (χ1n) is 7.62. The number of carbonyl (C=O) groups is 1. The van der Waals surface area contributed by atoms with Gasteiger partial charge in [-0.3, -0.25) is 9.69 Å². The van der Waals surface area contributed by atoms with E-state index in [1.165, 1.54) is 25.1 Å². The molecule has 3 heterocycles. The Balaban J connectivity index is 1.72. The van der Waals surface area contributed by atoms with Crippen LogP contribution in [0.5, 0.6) is 0 Å². The minimum atomic E-state index is -0.545. The highest BCUT2D eigenvalue weighted by atomic mass is 35.5. The zero-order valence-electron chi connectivity index (χ0n) is 12.7. The van der Waals surface area contributed by atoms with Gasteiger partial charge in [0, 0.05) is 12.7 Å². The number of primary amides is 1. The minimum absolute atomic E-state index is 0.126. The lowest BCUT2D eigenvalue weighted by Gasteiger charge is -2.26. The summed E-state index contributed by atoms with van der Waals surface area (Å²) in [5, 5.41) is 3.62. The van der Waals surface area contributed by atoms with E-state index >= 15 is 0 Å². The van der Waals surface area contributed by atoms with Crippen molar-refractivity contribution >= 4 is 23.3 Å². The third kappa shape index (κ3) is 3.65. The molecule has 2 aromatic heterocycles. The highest BCUT2D eigenvalue weighted by Gasteiger charge is 2.25. The highest BCUT2D eigenvalue weighted by Crippen LogP contribution is 2.27. The average Bonchev–Trinajstić information content (AvgIpc) is 3.22. The fraction of sp³-hybridized carbons (Fsp3) is 0.375. The van der Waals surface area contributed by atoms with E-state index in [1.807, 2.05) is 12.1 Å². The normalized spacial score (nSPS) is 16.4. The molecule has 0 aromatic carbocycles. The van der Waals surface area contributed by atoms with Gasteiger partial charge in [0.05, 0.1) is 22.9 Å². The van der Waals surface area contributed by atoms with Crippen molar-refractivity contribution in [3.63, 3.8) is 0 Å². The summed E-state index contributed by atoms with van der Waals surface area (Å²) in [6, 6.07) is 5.53. The van der Waals surface area contributed by atoms with Gasteiger partial charge in [0.15, 0.2) is 0 Å². The molecule has 1 unspecified atom stereocenters. The van der Waals surface area contributed by atoms with Gasteiger partial charge in [-0.15, -0.1) is 0 Å². The van der Waals surface area contributed by atoms with Crippen LogP contribution in [0.3, 0.4) is 0 Å². The Labute approximate surface area is 139 Å². The summed E-state index contributed by atoms with van der Waals surface area (Å²) in [6.45, 7) is 2.72. The highest BCUT2D eigenvalue weighted by molar-refractivity contribution is 6.33. The molecule has 0 bridgehead atoms. The molecular formula is C16H19ClN4O2. The summed E-state index contributed by atoms with van der Waals surface area (Å²) < 4.78 is 5.58. The molecule has 3 N–H and O–H groups in total. The predicted octanol–water partition coefficient (Wildman–Crippen LogP) is 2.68. The maximum Gasteiger partial charge on any atom is 0.250 e. The van der Waals surface area contributed by atoms with E-state index in [4.69, 9.17) is 21.8 Å². The topological polar surface area (TPSA) is 84.4 Å². The minimum Gasteiger partial charge on any atom is -0.468 e. The Hall–Kier alpha value is -2.05. The van der Waals surface area contributed by atoms with Crippen LogP contribution in [0.15, 0.2) is 35.1 Å². The van der Waals surface area contributed by atoms with E-state index in [-0.39, 0.29) is 6.04 Å². The molecule has 1 saturated heterocycles. The van der Waals surface area contributed by atoms with Crippen LogP contribution >= 0.6 is 11.6 Å². The summed E-state index contributed by atoms with van der Waals surface area (Å²) in [5.74, 6) is 0.910. The molecule has 0 aliphatic carbocycles. The monoisotopic (exact) mass is 334 g/mol. The summed E-state index contributed by atoms with van der Waals surface area (Å²) in [5.41, 5.74) is 5.52. The molecule has 2 aromatic rings. The number of aromatic nitrogens is 1. The Kier molecular flexibility index (Phi) is 4.83. The van der Waals surface area contributed by atoms with Crippen molar-refractivity contribution in [1.29, 1.82) is 0 Å². The lowest BCUT2D eigenvalue weighted by Crippen LogP contribution is -2.31. The number of pyridine rings is 1. The van der Waals surface area contributed by atoms with Crippen molar-refractivity contribution in [3.8, 4) is 0 Å². The Morgan fingerprint density at radius 2 is 2.26 bits per heavy atom. The smallest absolute Gasteiger partial charge is 0.250 e. The number of rotatable bonds is 6. The summed E-state index contributed by atoms with van der Waals surface area (Å²) in [6.07, 6.45) is 5.51. The van der Waals surface area contributed by atoms with E-state index < -0.39 is 5.91 Å². The number of amides is 1. The maximum atomic E-state index is 11.1. The van der Waals surface area contributed by atoms with Gasteiger partial charge in [-0.05, 0) is 44.1 Å². The van der Waals surface area contributed by atoms with Crippen LogP contribution < -0.4 is 11.1 Å². The number of hydrogen-bond acceptors (Lipinski definition) is 5. The van der Waals surface area contributed by atoms with Gasteiger partial charge >= 0.3 is 0 Å². The molecule has 3 rings (SSSR count). The molecule has 1 aliphatic heterocycles. The molecule has 1 amide bonds. The summed E-state index contributed by atoms with van der Waals surface area (Å²) in [7, 11) is 0. The second-order valence-electron chi connectivity index (χ2n) is 5.57.